The highest BCUT2D eigenvalue weighted by atomic mass is 32.2. The van der Waals surface area contributed by atoms with Crippen LogP contribution >= 0.6 is 0 Å². The van der Waals surface area contributed by atoms with Gasteiger partial charge in [0.05, 0.1) is 12.3 Å². The number of hydrogen-bond acceptors (Lipinski definition) is 3. The smallest absolute Gasteiger partial charge is 0.215 e. The Bertz CT molecular complexity index is 643. The van der Waals surface area contributed by atoms with Gasteiger partial charge in [-0.05, 0) is 24.6 Å². The Morgan fingerprint density at radius 2 is 1.76 bits per heavy atom. The molecule has 0 saturated heterocycles. The van der Waals surface area contributed by atoms with E-state index in [1.807, 2.05) is 32.7 Å². The Balaban J connectivity index is 2.74. The molecule has 0 atom stereocenters. The van der Waals surface area contributed by atoms with Gasteiger partial charge in [-0.2, -0.15) is 0 Å². The van der Waals surface area contributed by atoms with Crippen molar-refractivity contribution in [1.29, 1.82) is 0 Å². The van der Waals surface area contributed by atoms with Crippen molar-refractivity contribution in [2.45, 2.75) is 27.3 Å². The number of sulfonamides is 1. The largest absolute Gasteiger partial charge is 0.357 e. The fraction of sp³-hybridized carbons (Fsp3) is 0.588. The number of rotatable bonds is 9. The third kappa shape index (κ3) is 6.99. The van der Waals surface area contributed by atoms with Gasteiger partial charge in [-0.15, -0.1) is 0 Å². The van der Waals surface area contributed by atoms with E-state index in [9.17, 15) is 12.8 Å². The van der Waals surface area contributed by atoms with Crippen molar-refractivity contribution < 1.29 is 12.8 Å². The van der Waals surface area contributed by atoms with E-state index in [2.05, 4.69) is 10.3 Å². The molecule has 0 spiro atoms. The van der Waals surface area contributed by atoms with Crippen LogP contribution in [0.15, 0.2) is 29.3 Å². The van der Waals surface area contributed by atoms with E-state index >= 15 is 0 Å². The lowest BCUT2D eigenvalue weighted by atomic mass is 10.2. The van der Waals surface area contributed by atoms with Crippen LogP contribution in [-0.2, 0) is 16.6 Å². The van der Waals surface area contributed by atoms with Crippen molar-refractivity contribution in [2.75, 3.05) is 39.0 Å². The molecule has 0 radical (unpaired) electrons. The maximum atomic E-state index is 13.0. The lowest BCUT2D eigenvalue weighted by molar-refractivity contribution is 0.445. The third-order valence-electron chi connectivity index (χ3n) is 3.74. The fourth-order valence-corrected chi connectivity index (χ4v) is 3.79. The zero-order chi connectivity index (χ0) is 18.9. The Morgan fingerprint density at radius 3 is 2.28 bits per heavy atom. The van der Waals surface area contributed by atoms with E-state index in [4.69, 9.17) is 0 Å². The summed E-state index contributed by atoms with van der Waals surface area (Å²) in [6.07, 6.45) is 0. The van der Waals surface area contributed by atoms with Gasteiger partial charge in [0.2, 0.25) is 10.0 Å². The molecule has 0 aliphatic heterocycles. The topological polar surface area (TPSA) is 65.0 Å². The fourth-order valence-electron chi connectivity index (χ4n) is 2.42. The predicted molar refractivity (Wildman–Crippen MR) is 101 cm³/mol. The molecule has 0 unspecified atom stereocenters. The van der Waals surface area contributed by atoms with Crippen molar-refractivity contribution >= 4 is 16.0 Å². The third-order valence-corrected chi connectivity index (χ3v) is 5.74. The first-order valence-electron chi connectivity index (χ1n) is 8.55. The van der Waals surface area contributed by atoms with Crippen LogP contribution in [0.25, 0.3) is 0 Å². The highest BCUT2D eigenvalue weighted by Gasteiger charge is 2.18. The number of halogens is 1. The molecule has 8 heteroatoms. The normalized spacial score (nSPS) is 12.5. The van der Waals surface area contributed by atoms with Crippen molar-refractivity contribution in [3.8, 4) is 0 Å². The Labute approximate surface area is 150 Å². The second kappa shape index (κ2) is 10.4. The minimum atomic E-state index is -3.28. The Morgan fingerprint density at radius 1 is 1.16 bits per heavy atom. The summed E-state index contributed by atoms with van der Waals surface area (Å²) in [5.41, 5.74) is 0.949. The average Bonchev–Trinajstić information content (AvgIpc) is 2.56. The molecular weight excluding hydrogens is 343 g/mol. The molecule has 0 fully saturated rings. The van der Waals surface area contributed by atoms with Gasteiger partial charge in [-0.1, -0.05) is 26.0 Å². The van der Waals surface area contributed by atoms with Crippen LogP contribution in [0, 0.1) is 5.82 Å². The summed E-state index contributed by atoms with van der Waals surface area (Å²) >= 11 is 0. The number of aliphatic imine (C=N–C) groups is 1. The summed E-state index contributed by atoms with van der Waals surface area (Å²) in [5, 5.41) is 3.15. The number of nitrogens with zero attached hydrogens (tertiary/aromatic N) is 3. The molecule has 0 heterocycles. The first kappa shape index (κ1) is 21.4. The van der Waals surface area contributed by atoms with Gasteiger partial charge in [0.1, 0.15) is 5.82 Å². The van der Waals surface area contributed by atoms with E-state index in [0.29, 0.717) is 32.1 Å². The molecule has 142 valence electrons. The zero-order valence-corrected chi connectivity index (χ0v) is 16.3. The predicted octanol–water partition coefficient (Wildman–Crippen LogP) is 1.89. The van der Waals surface area contributed by atoms with Crippen molar-refractivity contribution in [3.05, 3.63) is 35.6 Å². The van der Waals surface area contributed by atoms with E-state index in [0.717, 1.165) is 5.56 Å². The first-order chi connectivity index (χ1) is 11.8. The molecule has 1 N–H and O–H groups in total. The molecule has 0 aliphatic carbocycles. The highest BCUT2D eigenvalue weighted by molar-refractivity contribution is 7.89. The summed E-state index contributed by atoms with van der Waals surface area (Å²) < 4.78 is 38.9. The average molecular weight is 373 g/mol. The summed E-state index contributed by atoms with van der Waals surface area (Å²) in [6.45, 7) is 7.95. The van der Waals surface area contributed by atoms with Crippen LogP contribution < -0.4 is 5.32 Å². The maximum Gasteiger partial charge on any atom is 0.215 e. The van der Waals surface area contributed by atoms with Crippen LogP contribution in [-0.4, -0.2) is 62.6 Å². The molecule has 1 rings (SSSR count). The van der Waals surface area contributed by atoms with Crippen LogP contribution in [0.4, 0.5) is 4.39 Å². The molecule has 1 aromatic carbocycles. The molecule has 0 saturated carbocycles. The number of benzene rings is 1. The maximum absolute atomic E-state index is 13.0. The van der Waals surface area contributed by atoms with Crippen LogP contribution in [0.2, 0.25) is 0 Å². The first-order valence-corrected chi connectivity index (χ1v) is 10.2. The van der Waals surface area contributed by atoms with Gasteiger partial charge in [0, 0.05) is 33.2 Å². The second-order valence-electron chi connectivity index (χ2n) is 5.62. The summed E-state index contributed by atoms with van der Waals surface area (Å²) in [5.74, 6) is 0.337. The van der Waals surface area contributed by atoms with Crippen molar-refractivity contribution in [3.63, 3.8) is 0 Å². The molecular formula is C17H29FN4O2S. The summed E-state index contributed by atoms with van der Waals surface area (Å²) in [4.78, 5) is 6.30. The van der Waals surface area contributed by atoms with E-state index < -0.39 is 10.0 Å². The van der Waals surface area contributed by atoms with Crippen molar-refractivity contribution in [2.24, 2.45) is 4.99 Å². The second-order valence-corrected chi connectivity index (χ2v) is 7.71. The summed E-state index contributed by atoms with van der Waals surface area (Å²) in [7, 11) is -1.42. The minimum Gasteiger partial charge on any atom is -0.357 e. The minimum absolute atomic E-state index is 0.0199. The van der Waals surface area contributed by atoms with E-state index in [1.165, 1.54) is 16.4 Å². The Kier molecular flexibility index (Phi) is 8.85. The lowest BCUT2D eigenvalue weighted by Crippen LogP contribution is -2.39. The van der Waals surface area contributed by atoms with E-state index in [-0.39, 0.29) is 18.1 Å². The zero-order valence-electron chi connectivity index (χ0n) is 15.5. The van der Waals surface area contributed by atoms with Crippen LogP contribution in [0.3, 0.4) is 0 Å². The van der Waals surface area contributed by atoms with E-state index in [1.54, 1.807) is 12.1 Å². The molecule has 0 aromatic heterocycles. The Hall–Kier alpha value is -1.67. The number of hydrogen-bond donors (Lipinski definition) is 1. The molecule has 1 aromatic rings. The molecule has 6 nitrogen and oxygen atoms in total. The van der Waals surface area contributed by atoms with Gasteiger partial charge in [-0.3, -0.25) is 4.99 Å². The SMILES string of the molecule is CCNC(=NCCS(=O)(=O)N(CC)CC)N(C)Cc1ccc(F)cc1. The van der Waals surface area contributed by atoms with Gasteiger partial charge in [0.15, 0.2) is 5.96 Å². The molecule has 0 bridgehead atoms. The van der Waals surface area contributed by atoms with Gasteiger partial charge >= 0.3 is 0 Å². The molecule has 25 heavy (non-hydrogen) atoms. The van der Waals surface area contributed by atoms with Gasteiger partial charge in [-0.25, -0.2) is 17.1 Å². The van der Waals surface area contributed by atoms with Gasteiger partial charge < -0.3 is 10.2 Å². The number of nitrogens with one attached hydrogen (secondary N) is 1. The van der Waals surface area contributed by atoms with Crippen LogP contribution in [0.5, 0.6) is 0 Å². The lowest BCUT2D eigenvalue weighted by Gasteiger charge is -2.22. The highest BCUT2D eigenvalue weighted by Crippen LogP contribution is 2.06. The van der Waals surface area contributed by atoms with Crippen LogP contribution in [0.1, 0.15) is 26.3 Å². The summed E-state index contributed by atoms with van der Waals surface area (Å²) in [6, 6.07) is 6.29. The number of guanidine groups is 1. The molecule has 0 aliphatic rings. The molecule has 0 amide bonds. The monoisotopic (exact) mass is 372 g/mol. The van der Waals surface area contributed by atoms with Gasteiger partial charge in [0.25, 0.3) is 0 Å². The van der Waals surface area contributed by atoms with Crippen molar-refractivity contribution in [1.82, 2.24) is 14.5 Å². The standard InChI is InChI=1S/C17H29FN4O2S/c1-5-19-17(20-12-13-25(23,24)22(6-2)7-3)21(4)14-15-8-10-16(18)11-9-15/h8-11H,5-7,12-14H2,1-4H3,(H,19,20). The quantitative estimate of drug-likeness (QED) is 0.531.